The molecular formula is C22H29NO3. The smallest absolute Gasteiger partial charge is 0.261 e. The lowest BCUT2D eigenvalue weighted by Crippen LogP contribution is -2.39. The van der Waals surface area contributed by atoms with Crippen LogP contribution in [0, 0.1) is 27.7 Å². The Kier molecular flexibility index (Phi) is 7.07. The third kappa shape index (κ3) is 5.51. The van der Waals surface area contributed by atoms with E-state index in [2.05, 4.69) is 19.2 Å². The van der Waals surface area contributed by atoms with Gasteiger partial charge in [0.05, 0.1) is 6.54 Å². The SMILES string of the molecule is CC[C@H](Oc1cc(C)ccc1C)C(=O)NCCOc1ccc(C)c(C)c1. The number of nitrogens with one attached hydrogen (secondary N) is 1. The first-order valence-electron chi connectivity index (χ1n) is 9.12. The fourth-order valence-electron chi connectivity index (χ4n) is 2.57. The number of hydrogen-bond donors (Lipinski definition) is 1. The van der Waals surface area contributed by atoms with E-state index in [4.69, 9.17) is 9.47 Å². The van der Waals surface area contributed by atoms with Gasteiger partial charge in [-0.15, -0.1) is 0 Å². The molecule has 0 spiro atoms. The average molecular weight is 355 g/mol. The lowest BCUT2D eigenvalue weighted by atomic mass is 10.1. The van der Waals surface area contributed by atoms with E-state index in [0.717, 1.165) is 22.6 Å². The van der Waals surface area contributed by atoms with E-state index in [-0.39, 0.29) is 5.91 Å². The zero-order valence-corrected chi connectivity index (χ0v) is 16.4. The van der Waals surface area contributed by atoms with Gasteiger partial charge in [0.25, 0.3) is 5.91 Å². The van der Waals surface area contributed by atoms with Crippen molar-refractivity contribution in [3.05, 3.63) is 58.7 Å². The minimum atomic E-state index is -0.503. The molecule has 0 saturated carbocycles. The van der Waals surface area contributed by atoms with Crippen LogP contribution in [0.4, 0.5) is 0 Å². The Labute approximate surface area is 156 Å². The summed E-state index contributed by atoms with van der Waals surface area (Å²) in [6.45, 7) is 10.9. The quantitative estimate of drug-likeness (QED) is 0.719. The number of aryl methyl sites for hydroxylation is 4. The third-order valence-corrected chi connectivity index (χ3v) is 4.42. The van der Waals surface area contributed by atoms with Crippen LogP contribution in [0.2, 0.25) is 0 Å². The van der Waals surface area contributed by atoms with Gasteiger partial charge in [0.15, 0.2) is 6.10 Å². The molecule has 0 aliphatic heterocycles. The van der Waals surface area contributed by atoms with Crippen LogP contribution in [0.1, 0.15) is 35.6 Å². The maximum atomic E-state index is 12.4. The second-order valence-corrected chi connectivity index (χ2v) is 6.67. The van der Waals surface area contributed by atoms with Crippen LogP contribution in [0.25, 0.3) is 0 Å². The molecule has 0 aliphatic carbocycles. The van der Waals surface area contributed by atoms with Gasteiger partial charge in [-0.3, -0.25) is 4.79 Å². The van der Waals surface area contributed by atoms with E-state index >= 15 is 0 Å². The first-order chi connectivity index (χ1) is 12.4. The maximum Gasteiger partial charge on any atom is 0.261 e. The summed E-state index contributed by atoms with van der Waals surface area (Å²) < 4.78 is 11.6. The molecule has 0 unspecified atom stereocenters. The molecule has 0 heterocycles. The van der Waals surface area contributed by atoms with Crippen molar-refractivity contribution in [3.8, 4) is 11.5 Å². The Bertz CT molecular complexity index is 755. The van der Waals surface area contributed by atoms with Crippen LogP contribution in [0.5, 0.6) is 11.5 Å². The number of benzene rings is 2. The molecule has 26 heavy (non-hydrogen) atoms. The van der Waals surface area contributed by atoms with E-state index < -0.39 is 6.10 Å². The molecule has 2 rings (SSSR count). The highest BCUT2D eigenvalue weighted by atomic mass is 16.5. The van der Waals surface area contributed by atoms with Crippen LogP contribution in [-0.2, 0) is 4.79 Å². The van der Waals surface area contributed by atoms with Crippen LogP contribution in [0.3, 0.4) is 0 Å². The Hall–Kier alpha value is -2.49. The number of amides is 1. The molecule has 0 aromatic heterocycles. The monoisotopic (exact) mass is 355 g/mol. The fraction of sp³-hybridized carbons (Fsp3) is 0.409. The molecular weight excluding hydrogens is 326 g/mol. The predicted molar refractivity (Wildman–Crippen MR) is 105 cm³/mol. The maximum absolute atomic E-state index is 12.4. The van der Waals surface area contributed by atoms with E-state index in [1.807, 2.05) is 57.2 Å². The highest BCUT2D eigenvalue weighted by molar-refractivity contribution is 5.81. The topological polar surface area (TPSA) is 47.6 Å². The third-order valence-electron chi connectivity index (χ3n) is 4.42. The van der Waals surface area contributed by atoms with Gasteiger partial charge in [-0.25, -0.2) is 0 Å². The molecule has 1 N–H and O–H groups in total. The number of hydrogen-bond acceptors (Lipinski definition) is 3. The van der Waals surface area contributed by atoms with Crippen LogP contribution < -0.4 is 14.8 Å². The first-order valence-corrected chi connectivity index (χ1v) is 9.12. The van der Waals surface area contributed by atoms with E-state index in [1.54, 1.807) is 0 Å². The number of ether oxygens (including phenoxy) is 2. The van der Waals surface area contributed by atoms with Gasteiger partial charge < -0.3 is 14.8 Å². The van der Waals surface area contributed by atoms with E-state index in [9.17, 15) is 4.79 Å². The molecule has 0 saturated heterocycles. The van der Waals surface area contributed by atoms with Crippen LogP contribution >= 0.6 is 0 Å². The summed E-state index contributed by atoms with van der Waals surface area (Å²) in [4.78, 5) is 12.4. The molecule has 140 valence electrons. The fourth-order valence-corrected chi connectivity index (χ4v) is 2.57. The minimum absolute atomic E-state index is 0.114. The highest BCUT2D eigenvalue weighted by Gasteiger charge is 2.18. The van der Waals surface area contributed by atoms with Crippen molar-refractivity contribution in [2.75, 3.05) is 13.2 Å². The van der Waals surface area contributed by atoms with Gasteiger partial charge >= 0.3 is 0 Å². The normalized spacial score (nSPS) is 11.7. The van der Waals surface area contributed by atoms with Crippen molar-refractivity contribution in [3.63, 3.8) is 0 Å². The van der Waals surface area contributed by atoms with Gasteiger partial charge in [0, 0.05) is 0 Å². The summed E-state index contributed by atoms with van der Waals surface area (Å²) in [7, 11) is 0. The molecule has 0 fully saturated rings. The summed E-state index contributed by atoms with van der Waals surface area (Å²) in [5.41, 5.74) is 4.57. The van der Waals surface area contributed by atoms with Crippen molar-refractivity contribution < 1.29 is 14.3 Å². The largest absolute Gasteiger partial charge is 0.492 e. The Morgan fingerprint density at radius 3 is 2.42 bits per heavy atom. The van der Waals surface area contributed by atoms with Gasteiger partial charge in [0.2, 0.25) is 0 Å². The van der Waals surface area contributed by atoms with Gasteiger partial charge in [-0.2, -0.15) is 0 Å². The summed E-state index contributed by atoms with van der Waals surface area (Å²) >= 11 is 0. The summed E-state index contributed by atoms with van der Waals surface area (Å²) in [6, 6.07) is 12.0. The molecule has 0 bridgehead atoms. The molecule has 2 aromatic rings. The molecule has 0 radical (unpaired) electrons. The van der Waals surface area contributed by atoms with Crippen LogP contribution in [-0.4, -0.2) is 25.2 Å². The van der Waals surface area contributed by atoms with E-state index in [1.165, 1.54) is 11.1 Å². The number of carbonyl (C=O) groups is 1. The Morgan fingerprint density at radius 2 is 1.73 bits per heavy atom. The van der Waals surface area contributed by atoms with Crippen molar-refractivity contribution in [2.45, 2.75) is 47.1 Å². The summed E-state index contributed by atoms with van der Waals surface area (Å²) in [6.07, 6.45) is 0.106. The lowest BCUT2D eigenvalue weighted by Gasteiger charge is -2.19. The minimum Gasteiger partial charge on any atom is -0.492 e. The average Bonchev–Trinajstić information content (AvgIpc) is 2.62. The zero-order chi connectivity index (χ0) is 19.1. The lowest BCUT2D eigenvalue weighted by molar-refractivity contribution is -0.128. The van der Waals surface area contributed by atoms with E-state index in [0.29, 0.717) is 19.6 Å². The molecule has 1 amide bonds. The van der Waals surface area contributed by atoms with Crippen molar-refractivity contribution in [2.24, 2.45) is 0 Å². The van der Waals surface area contributed by atoms with Crippen molar-refractivity contribution in [1.82, 2.24) is 5.32 Å². The van der Waals surface area contributed by atoms with Crippen molar-refractivity contribution >= 4 is 5.91 Å². The molecule has 4 heteroatoms. The number of rotatable bonds is 8. The van der Waals surface area contributed by atoms with Crippen LogP contribution in [0.15, 0.2) is 36.4 Å². The van der Waals surface area contributed by atoms with Gasteiger partial charge in [-0.05, 0) is 74.6 Å². The molecule has 0 aliphatic rings. The van der Waals surface area contributed by atoms with Gasteiger partial charge in [-0.1, -0.05) is 25.1 Å². The molecule has 4 nitrogen and oxygen atoms in total. The molecule has 1 atom stereocenters. The standard InChI is InChI=1S/C22H29NO3/c1-6-20(26-21-13-15(2)7-8-17(21)4)22(24)23-11-12-25-19-10-9-16(3)18(5)14-19/h7-10,13-14,20H,6,11-12H2,1-5H3,(H,23,24)/t20-/m0/s1. The Balaban J connectivity index is 1.83. The summed E-state index contributed by atoms with van der Waals surface area (Å²) in [5, 5.41) is 2.90. The second kappa shape index (κ2) is 9.27. The summed E-state index contributed by atoms with van der Waals surface area (Å²) in [5.74, 6) is 1.47. The number of carbonyl (C=O) groups excluding carboxylic acids is 1. The van der Waals surface area contributed by atoms with Gasteiger partial charge in [0.1, 0.15) is 18.1 Å². The second-order valence-electron chi connectivity index (χ2n) is 6.67. The molecule has 2 aromatic carbocycles. The highest BCUT2D eigenvalue weighted by Crippen LogP contribution is 2.21. The first kappa shape index (κ1) is 19.8. The predicted octanol–water partition coefficient (Wildman–Crippen LogP) is 4.27. The zero-order valence-electron chi connectivity index (χ0n) is 16.4. The Morgan fingerprint density at radius 1 is 1.00 bits per heavy atom. The van der Waals surface area contributed by atoms with Crippen molar-refractivity contribution in [1.29, 1.82) is 0 Å².